The molecule has 1 unspecified atom stereocenters. The zero-order valence-electron chi connectivity index (χ0n) is 17.0. The molecule has 0 aliphatic carbocycles. The van der Waals surface area contributed by atoms with Crippen LogP contribution in [0.5, 0.6) is 5.75 Å². The Morgan fingerprint density at radius 3 is 2.45 bits per heavy atom. The molecule has 1 N–H and O–H groups in total. The molecule has 6 nitrogen and oxygen atoms in total. The van der Waals surface area contributed by atoms with Gasteiger partial charge >= 0.3 is 0 Å². The van der Waals surface area contributed by atoms with Gasteiger partial charge in [0, 0.05) is 44.8 Å². The molecule has 2 aromatic carbocycles. The number of benzene rings is 2. The first kappa shape index (κ1) is 19.5. The van der Waals surface area contributed by atoms with Gasteiger partial charge in [0.15, 0.2) is 6.10 Å². The van der Waals surface area contributed by atoms with Crippen LogP contribution in [-0.4, -0.2) is 48.9 Å². The Kier molecular flexibility index (Phi) is 5.53. The number of hydrogen-bond acceptors (Lipinski definition) is 5. The lowest BCUT2D eigenvalue weighted by Crippen LogP contribution is -2.46. The number of nitrogens with zero attached hydrogens (tertiary/aromatic N) is 2. The summed E-state index contributed by atoms with van der Waals surface area (Å²) in [4.78, 5) is 27.9. The van der Waals surface area contributed by atoms with E-state index in [1.54, 1.807) is 13.8 Å². The second-order valence-corrected chi connectivity index (χ2v) is 7.89. The third-order valence-electron chi connectivity index (χ3n) is 5.51. The standard InChI is InChI=1S/C23H27N3O3/c1-16(27)13-18-3-6-20(7-4-18)26-11-9-25(10-12-26)15-19-5-8-22-21(14-19)24-23(28)17(2)29-22/h3-8,14,17H,9-13,15H2,1-2H3,(H,24,28). The second-order valence-electron chi connectivity index (χ2n) is 7.89. The summed E-state index contributed by atoms with van der Waals surface area (Å²) >= 11 is 0. The van der Waals surface area contributed by atoms with Gasteiger partial charge in [-0.15, -0.1) is 0 Å². The number of anilines is 2. The maximum absolute atomic E-state index is 11.8. The monoisotopic (exact) mass is 393 g/mol. The van der Waals surface area contributed by atoms with Gasteiger partial charge in [0.25, 0.3) is 5.91 Å². The predicted molar refractivity (Wildman–Crippen MR) is 113 cm³/mol. The van der Waals surface area contributed by atoms with Crippen molar-refractivity contribution >= 4 is 23.1 Å². The predicted octanol–water partition coefficient (Wildman–Crippen LogP) is 2.86. The third kappa shape index (κ3) is 4.59. The van der Waals surface area contributed by atoms with Crippen LogP contribution >= 0.6 is 0 Å². The fourth-order valence-corrected chi connectivity index (χ4v) is 3.89. The highest BCUT2D eigenvalue weighted by molar-refractivity contribution is 5.97. The Balaban J connectivity index is 1.33. The summed E-state index contributed by atoms with van der Waals surface area (Å²) < 4.78 is 5.63. The molecule has 0 saturated carbocycles. The smallest absolute Gasteiger partial charge is 0.265 e. The average molecular weight is 393 g/mol. The molecule has 6 heteroatoms. The molecule has 2 aromatic rings. The van der Waals surface area contributed by atoms with E-state index in [9.17, 15) is 9.59 Å². The number of fused-ring (bicyclic) bond motifs is 1. The van der Waals surface area contributed by atoms with Gasteiger partial charge in [-0.2, -0.15) is 0 Å². The lowest BCUT2D eigenvalue weighted by atomic mass is 10.1. The zero-order valence-corrected chi connectivity index (χ0v) is 17.0. The number of ketones is 1. The lowest BCUT2D eigenvalue weighted by Gasteiger charge is -2.36. The van der Waals surface area contributed by atoms with Gasteiger partial charge in [0.1, 0.15) is 11.5 Å². The molecule has 1 saturated heterocycles. The molecule has 0 spiro atoms. The van der Waals surface area contributed by atoms with E-state index in [1.807, 2.05) is 24.3 Å². The molecule has 1 fully saturated rings. The van der Waals surface area contributed by atoms with Gasteiger partial charge in [0.05, 0.1) is 5.69 Å². The minimum absolute atomic E-state index is 0.0995. The van der Waals surface area contributed by atoms with E-state index in [2.05, 4.69) is 33.3 Å². The molecule has 2 aliphatic heterocycles. The van der Waals surface area contributed by atoms with Crippen LogP contribution in [0.2, 0.25) is 0 Å². The second kappa shape index (κ2) is 8.25. The topological polar surface area (TPSA) is 61.9 Å². The molecule has 1 atom stereocenters. The average Bonchev–Trinajstić information content (AvgIpc) is 2.70. The Labute approximate surface area is 171 Å². The van der Waals surface area contributed by atoms with Crippen LogP contribution in [0.4, 0.5) is 11.4 Å². The van der Waals surface area contributed by atoms with Gasteiger partial charge in [-0.1, -0.05) is 18.2 Å². The first-order valence-corrected chi connectivity index (χ1v) is 10.1. The van der Waals surface area contributed by atoms with E-state index in [0.29, 0.717) is 6.42 Å². The van der Waals surface area contributed by atoms with Crippen LogP contribution in [0.15, 0.2) is 42.5 Å². The SMILES string of the molecule is CC(=O)Cc1ccc(N2CCN(Cc3ccc4c(c3)NC(=O)C(C)O4)CC2)cc1. The summed E-state index contributed by atoms with van der Waals surface area (Å²) in [6.45, 7) is 8.12. The van der Waals surface area contributed by atoms with E-state index in [4.69, 9.17) is 4.74 Å². The van der Waals surface area contributed by atoms with Crippen molar-refractivity contribution in [1.82, 2.24) is 4.90 Å². The Morgan fingerprint density at radius 1 is 1.07 bits per heavy atom. The first-order chi connectivity index (χ1) is 14.0. The van der Waals surface area contributed by atoms with Crippen molar-refractivity contribution in [2.24, 2.45) is 0 Å². The van der Waals surface area contributed by atoms with E-state index >= 15 is 0 Å². The highest BCUT2D eigenvalue weighted by Crippen LogP contribution is 2.31. The number of carbonyl (C=O) groups is 2. The molecule has 2 aliphatic rings. The van der Waals surface area contributed by atoms with Crippen LogP contribution in [-0.2, 0) is 22.6 Å². The molecule has 0 radical (unpaired) electrons. The number of Topliss-reactive ketones (excluding diaryl/α,β-unsaturated/α-hetero) is 1. The minimum atomic E-state index is -0.446. The van der Waals surface area contributed by atoms with Gasteiger partial charge in [-0.05, 0) is 49.2 Å². The zero-order chi connectivity index (χ0) is 20.4. The van der Waals surface area contributed by atoms with Gasteiger partial charge < -0.3 is 15.0 Å². The van der Waals surface area contributed by atoms with Crippen molar-refractivity contribution in [3.63, 3.8) is 0 Å². The largest absolute Gasteiger partial charge is 0.479 e. The third-order valence-corrected chi connectivity index (χ3v) is 5.51. The van der Waals surface area contributed by atoms with Crippen molar-refractivity contribution in [3.05, 3.63) is 53.6 Å². The van der Waals surface area contributed by atoms with Crippen molar-refractivity contribution in [3.8, 4) is 5.75 Å². The van der Waals surface area contributed by atoms with Crippen LogP contribution in [0, 0.1) is 0 Å². The van der Waals surface area contributed by atoms with Gasteiger partial charge in [0.2, 0.25) is 0 Å². The van der Waals surface area contributed by atoms with Crippen molar-refractivity contribution in [2.45, 2.75) is 32.9 Å². The Morgan fingerprint density at radius 2 is 1.76 bits per heavy atom. The Bertz CT molecular complexity index is 902. The van der Waals surface area contributed by atoms with Crippen LogP contribution in [0.25, 0.3) is 0 Å². The maximum atomic E-state index is 11.8. The normalized spacial score (nSPS) is 19.3. The van der Waals surface area contributed by atoms with Gasteiger partial charge in [-0.3, -0.25) is 14.5 Å². The number of carbonyl (C=O) groups excluding carboxylic acids is 2. The first-order valence-electron chi connectivity index (χ1n) is 10.1. The molecule has 0 aromatic heterocycles. The van der Waals surface area contributed by atoms with Crippen molar-refractivity contribution in [2.75, 3.05) is 36.4 Å². The van der Waals surface area contributed by atoms with Crippen molar-refractivity contribution < 1.29 is 14.3 Å². The summed E-state index contributed by atoms with van der Waals surface area (Å²) in [5.41, 5.74) is 4.21. The highest BCUT2D eigenvalue weighted by atomic mass is 16.5. The number of rotatable bonds is 5. The number of amides is 1. The number of ether oxygens (including phenoxy) is 1. The quantitative estimate of drug-likeness (QED) is 0.846. The van der Waals surface area contributed by atoms with Crippen LogP contribution < -0.4 is 15.0 Å². The molecule has 1 amide bonds. The lowest BCUT2D eigenvalue weighted by molar-refractivity contribution is -0.122. The van der Waals surface area contributed by atoms with E-state index in [-0.39, 0.29) is 11.7 Å². The van der Waals surface area contributed by atoms with E-state index in [1.165, 1.54) is 11.3 Å². The molecule has 4 rings (SSSR count). The molecule has 152 valence electrons. The van der Waals surface area contributed by atoms with Crippen molar-refractivity contribution in [1.29, 1.82) is 0 Å². The summed E-state index contributed by atoms with van der Waals surface area (Å²) in [6, 6.07) is 14.4. The minimum Gasteiger partial charge on any atom is -0.479 e. The maximum Gasteiger partial charge on any atom is 0.265 e. The molecule has 0 bridgehead atoms. The Hall–Kier alpha value is -2.86. The number of nitrogens with one attached hydrogen (secondary N) is 1. The fraction of sp³-hybridized carbons (Fsp3) is 0.391. The highest BCUT2D eigenvalue weighted by Gasteiger charge is 2.24. The van der Waals surface area contributed by atoms with Crippen LogP contribution in [0.3, 0.4) is 0 Å². The van der Waals surface area contributed by atoms with Crippen LogP contribution in [0.1, 0.15) is 25.0 Å². The van der Waals surface area contributed by atoms with Gasteiger partial charge in [-0.25, -0.2) is 0 Å². The van der Waals surface area contributed by atoms with E-state index in [0.717, 1.165) is 49.7 Å². The fourth-order valence-electron chi connectivity index (χ4n) is 3.89. The summed E-state index contributed by atoms with van der Waals surface area (Å²) in [6.07, 6.45) is 0.0529. The molecular weight excluding hydrogens is 366 g/mol. The summed E-state index contributed by atoms with van der Waals surface area (Å²) in [7, 11) is 0. The molecular formula is C23H27N3O3. The number of piperazine rings is 1. The molecule has 29 heavy (non-hydrogen) atoms. The summed E-state index contributed by atoms with van der Waals surface area (Å²) in [5, 5.41) is 2.92. The summed E-state index contributed by atoms with van der Waals surface area (Å²) in [5.74, 6) is 0.825. The van der Waals surface area contributed by atoms with E-state index < -0.39 is 6.10 Å². The molecule has 2 heterocycles. The number of hydrogen-bond donors (Lipinski definition) is 1.